The Labute approximate surface area is 135 Å². The number of hydrogen-bond acceptors (Lipinski definition) is 5. The minimum absolute atomic E-state index is 0.00226. The van der Waals surface area contributed by atoms with Crippen LogP contribution in [0.5, 0.6) is 5.75 Å². The summed E-state index contributed by atoms with van der Waals surface area (Å²) in [6.07, 6.45) is 0. The molecular weight excluding hydrogens is 320 g/mol. The molecule has 0 aliphatic carbocycles. The Kier molecular flexibility index (Phi) is 3.86. The van der Waals surface area contributed by atoms with Crippen LogP contribution in [-0.4, -0.2) is 69.0 Å². The molecule has 7 nitrogen and oxygen atoms in total. The van der Waals surface area contributed by atoms with Gasteiger partial charge >= 0.3 is 5.97 Å². The summed E-state index contributed by atoms with van der Waals surface area (Å²) in [4.78, 5) is 13.8. The highest BCUT2D eigenvalue weighted by Crippen LogP contribution is 2.44. The van der Waals surface area contributed by atoms with E-state index in [1.165, 1.54) is 17.5 Å². The standard InChI is InChI=1S/C15H20N2O5S/c1-16-7-11-8-17(10-15(11,9-16)14(18)19)23(20,21)13-6-4-3-5-12(13)22-2/h3-6,11H,7-10H2,1-2H3,(H,18,19)/t11-,15-/m1/s1. The molecule has 8 heteroatoms. The molecule has 0 amide bonds. The van der Waals surface area contributed by atoms with Crippen LogP contribution in [0.15, 0.2) is 29.2 Å². The smallest absolute Gasteiger partial charge is 0.312 e. The first kappa shape index (κ1) is 16.2. The fourth-order valence-electron chi connectivity index (χ4n) is 3.73. The van der Waals surface area contributed by atoms with Crippen LogP contribution in [0.2, 0.25) is 0 Å². The van der Waals surface area contributed by atoms with Crippen LogP contribution < -0.4 is 4.74 Å². The number of carboxylic acid groups (broad SMARTS) is 1. The maximum absolute atomic E-state index is 12.9. The number of carboxylic acids is 1. The van der Waals surface area contributed by atoms with Crippen molar-refractivity contribution in [1.82, 2.24) is 9.21 Å². The number of sulfonamides is 1. The van der Waals surface area contributed by atoms with Gasteiger partial charge in [0.05, 0.1) is 12.5 Å². The van der Waals surface area contributed by atoms with Crippen molar-refractivity contribution in [3.63, 3.8) is 0 Å². The van der Waals surface area contributed by atoms with Gasteiger partial charge in [0.1, 0.15) is 10.6 Å². The quantitative estimate of drug-likeness (QED) is 0.850. The van der Waals surface area contributed by atoms with Gasteiger partial charge in [-0.15, -0.1) is 0 Å². The number of ether oxygens (including phenoxy) is 1. The molecule has 0 spiro atoms. The van der Waals surface area contributed by atoms with E-state index in [2.05, 4.69) is 0 Å². The van der Waals surface area contributed by atoms with E-state index >= 15 is 0 Å². The third kappa shape index (κ3) is 2.41. The number of aliphatic carboxylic acids is 1. The maximum Gasteiger partial charge on any atom is 0.312 e. The fraction of sp³-hybridized carbons (Fsp3) is 0.533. The molecule has 0 radical (unpaired) electrons. The fourth-order valence-corrected chi connectivity index (χ4v) is 5.44. The lowest BCUT2D eigenvalue weighted by Gasteiger charge is -2.24. The third-order valence-corrected chi connectivity index (χ3v) is 6.71. The minimum Gasteiger partial charge on any atom is -0.495 e. The SMILES string of the molecule is COc1ccccc1S(=O)(=O)N1C[C@H]2CN(C)C[C@@]2(C(=O)O)C1. The number of nitrogens with zero attached hydrogens (tertiary/aromatic N) is 2. The second-order valence-corrected chi connectivity index (χ2v) is 8.21. The van der Waals surface area contributed by atoms with Crippen LogP contribution in [0, 0.1) is 11.3 Å². The van der Waals surface area contributed by atoms with Gasteiger partial charge in [-0.2, -0.15) is 4.31 Å². The van der Waals surface area contributed by atoms with E-state index in [0.29, 0.717) is 13.1 Å². The molecule has 0 bridgehead atoms. The number of para-hydroxylation sites is 1. The average Bonchev–Trinajstić information content (AvgIpc) is 3.01. The molecule has 1 aromatic carbocycles. The van der Waals surface area contributed by atoms with Gasteiger partial charge in [0, 0.05) is 32.1 Å². The monoisotopic (exact) mass is 340 g/mol. The van der Waals surface area contributed by atoms with Crippen molar-refractivity contribution < 1.29 is 23.1 Å². The van der Waals surface area contributed by atoms with Gasteiger partial charge in [0.15, 0.2) is 0 Å². The van der Waals surface area contributed by atoms with Crippen molar-refractivity contribution in [3.8, 4) is 5.75 Å². The van der Waals surface area contributed by atoms with Crippen molar-refractivity contribution >= 4 is 16.0 Å². The molecule has 0 saturated carbocycles. The van der Waals surface area contributed by atoms with Crippen molar-refractivity contribution in [3.05, 3.63) is 24.3 Å². The Balaban J connectivity index is 1.96. The van der Waals surface area contributed by atoms with Crippen LogP contribution in [0.3, 0.4) is 0 Å². The van der Waals surface area contributed by atoms with E-state index in [9.17, 15) is 18.3 Å². The van der Waals surface area contributed by atoms with Crippen LogP contribution in [-0.2, 0) is 14.8 Å². The van der Waals surface area contributed by atoms with E-state index in [1.807, 2.05) is 11.9 Å². The van der Waals surface area contributed by atoms with Crippen molar-refractivity contribution in [1.29, 1.82) is 0 Å². The Morgan fingerprint density at radius 2 is 2.00 bits per heavy atom. The summed E-state index contributed by atoms with van der Waals surface area (Å²) in [7, 11) is -0.506. The number of methoxy groups -OCH3 is 1. The molecule has 2 aliphatic heterocycles. The van der Waals surface area contributed by atoms with Gasteiger partial charge < -0.3 is 14.7 Å². The Morgan fingerprint density at radius 3 is 2.61 bits per heavy atom. The van der Waals surface area contributed by atoms with E-state index in [4.69, 9.17) is 4.74 Å². The molecule has 2 fully saturated rings. The zero-order valence-corrected chi connectivity index (χ0v) is 13.9. The molecule has 0 aromatic heterocycles. The van der Waals surface area contributed by atoms with E-state index in [-0.39, 0.29) is 29.7 Å². The van der Waals surface area contributed by atoms with Gasteiger partial charge in [0.25, 0.3) is 0 Å². The van der Waals surface area contributed by atoms with Crippen molar-refractivity contribution in [2.45, 2.75) is 4.90 Å². The highest BCUT2D eigenvalue weighted by Gasteiger charge is 2.59. The lowest BCUT2D eigenvalue weighted by molar-refractivity contribution is -0.148. The molecule has 2 atom stereocenters. The van der Waals surface area contributed by atoms with Crippen LogP contribution >= 0.6 is 0 Å². The van der Waals surface area contributed by atoms with Gasteiger partial charge in [-0.1, -0.05) is 12.1 Å². The summed E-state index contributed by atoms with van der Waals surface area (Å²) in [5, 5.41) is 9.67. The predicted octanol–water partition coefficient (Wildman–Crippen LogP) is 0.332. The number of fused-ring (bicyclic) bond motifs is 1. The Bertz CT molecular complexity index is 735. The molecule has 3 rings (SSSR count). The summed E-state index contributed by atoms with van der Waals surface area (Å²) in [6.45, 7) is 1.17. The van der Waals surface area contributed by atoms with Crippen LogP contribution in [0.4, 0.5) is 0 Å². The Hall–Kier alpha value is -1.64. The molecule has 2 heterocycles. The number of likely N-dealkylation sites (tertiary alicyclic amines) is 1. The summed E-state index contributed by atoms with van der Waals surface area (Å²) in [5.41, 5.74) is -1.02. The molecule has 1 N–H and O–H groups in total. The molecule has 2 aliphatic rings. The van der Waals surface area contributed by atoms with Crippen molar-refractivity contribution in [2.24, 2.45) is 11.3 Å². The maximum atomic E-state index is 12.9. The average molecular weight is 340 g/mol. The van der Waals surface area contributed by atoms with E-state index < -0.39 is 21.4 Å². The summed E-state index contributed by atoms with van der Waals surface area (Å²) >= 11 is 0. The first-order valence-electron chi connectivity index (χ1n) is 7.36. The molecule has 1 aromatic rings. The Morgan fingerprint density at radius 1 is 1.30 bits per heavy atom. The highest BCUT2D eigenvalue weighted by atomic mass is 32.2. The molecule has 23 heavy (non-hydrogen) atoms. The summed E-state index contributed by atoms with van der Waals surface area (Å²) < 4.78 is 32.3. The lowest BCUT2D eigenvalue weighted by Crippen LogP contribution is -2.41. The number of benzene rings is 1. The van der Waals surface area contributed by atoms with Crippen LogP contribution in [0.25, 0.3) is 0 Å². The van der Waals surface area contributed by atoms with Gasteiger partial charge in [-0.05, 0) is 19.2 Å². The first-order chi connectivity index (χ1) is 10.8. The zero-order chi connectivity index (χ0) is 16.8. The highest BCUT2D eigenvalue weighted by molar-refractivity contribution is 7.89. The topological polar surface area (TPSA) is 87.2 Å². The summed E-state index contributed by atoms with van der Waals surface area (Å²) in [6, 6.07) is 6.41. The second kappa shape index (κ2) is 5.47. The van der Waals surface area contributed by atoms with Crippen molar-refractivity contribution in [2.75, 3.05) is 40.3 Å². The molecular formula is C15H20N2O5S. The zero-order valence-electron chi connectivity index (χ0n) is 13.1. The number of hydrogen-bond donors (Lipinski definition) is 1. The second-order valence-electron chi connectivity index (χ2n) is 6.30. The van der Waals surface area contributed by atoms with Gasteiger partial charge in [-0.3, -0.25) is 4.79 Å². The third-order valence-electron chi connectivity index (χ3n) is 4.86. The molecule has 2 saturated heterocycles. The van der Waals surface area contributed by atoms with Crippen LogP contribution in [0.1, 0.15) is 0 Å². The normalized spacial score (nSPS) is 28.7. The van der Waals surface area contributed by atoms with Gasteiger partial charge in [-0.25, -0.2) is 8.42 Å². The molecule has 126 valence electrons. The minimum atomic E-state index is -3.79. The number of carbonyl (C=O) groups is 1. The molecule has 0 unspecified atom stereocenters. The van der Waals surface area contributed by atoms with E-state index in [0.717, 1.165) is 0 Å². The first-order valence-corrected chi connectivity index (χ1v) is 8.80. The summed E-state index contributed by atoms with van der Waals surface area (Å²) in [5.74, 6) is -0.856. The van der Waals surface area contributed by atoms with Gasteiger partial charge in [0.2, 0.25) is 10.0 Å². The lowest BCUT2D eigenvalue weighted by atomic mass is 9.81. The largest absolute Gasteiger partial charge is 0.495 e. The van der Waals surface area contributed by atoms with E-state index in [1.54, 1.807) is 18.2 Å². The number of rotatable bonds is 4. The predicted molar refractivity (Wildman–Crippen MR) is 82.8 cm³/mol.